The molecule has 5 heteroatoms. The van der Waals surface area contributed by atoms with E-state index in [2.05, 4.69) is 16.9 Å². The summed E-state index contributed by atoms with van der Waals surface area (Å²) in [6, 6.07) is 3.86. The zero-order valence-corrected chi connectivity index (χ0v) is 9.19. The quantitative estimate of drug-likeness (QED) is 0.737. The van der Waals surface area contributed by atoms with E-state index in [9.17, 15) is 0 Å². The predicted octanol–water partition coefficient (Wildman–Crippen LogP) is 0.792. The van der Waals surface area contributed by atoms with Crippen LogP contribution in [0.25, 0.3) is 0 Å². The summed E-state index contributed by atoms with van der Waals surface area (Å²) in [6.07, 6.45) is 1.49. The normalized spacial score (nSPS) is 9.44. The van der Waals surface area contributed by atoms with E-state index in [-0.39, 0.29) is 5.69 Å². The number of likely N-dealkylation sites (N-methyl/N-ethyl adjacent to an activating group) is 1. The minimum Gasteiger partial charge on any atom is -0.317 e. The van der Waals surface area contributed by atoms with Crippen LogP contribution in [0.4, 0.5) is 0 Å². The minimum absolute atomic E-state index is 0.166. The van der Waals surface area contributed by atoms with E-state index in [1.165, 1.54) is 6.33 Å². The fourth-order valence-electron chi connectivity index (χ4n) is 1.30. The van der Waals surface area contributed by atoms with Crippen molar-refractivity contribution in [3.05, 3.63) is 29.9 Å². The molecule has 82 valence electrons. The van der Waals surface area contributed by atoms with E-state index in [0.717, 1.165) is 12.1 Å². The first-order valence-corrected chi connectivity index (χ1v) is 4.95. The second kappa shape index (κ2) is 5.69. The molecule has 0 radical (unpaired) electrons. The van der Waals surface area contributed by atoms with Crippen LogP contribution in [0.1, 0.15) is 18.3 Å². The molecule has 0 bridgehead atoms. The fraction of sp³-hybridized carbons (Fsp3) is 0.364. The number of nitriles is 2. The Bertz CT molecular complexity index is 458. The molecule has 1 aromatic rings. The smallest absolute Gasteiger partial charge is 0.176 e. The van der Waals surface area contributed by atoms with Crippen LogP contribution in [0.5, 0.6) is 0 Å². The molecule has 0 unspecified atom stereocenters. The van der Waals surface area contributed by atoms with Gasteiger partial charge in [-0.3, -0.25) is 0 Å². The Morgan fingerprint density at radius 3 is 2.88 bits per heavy atom. The van der Waals surface area contributed by atoms with Crippen molar-refractivity contribution in [3.63, 3.8) is 0 Å². The summed E-state index contributed by atoms with van der Waals surface area (Å²) in [5.41, 5.74) is 1.40. The highest BCUT2D eigenvalue weighted by molar-refractivity contribution is 5.36. The molecule has 0 fully saturated rings. The van der Waals surface area contributed by atoms with Crippen LogP contribution in [0.3, 0.4) is 0 Å². The SMILES string of the molecule is C=C(CNCC)Cn1cnc(C#N)c1C#N. The first-order chi connectivity index (χ1) is 7.72. The van der Waals surface area contributed by atoms with Crippen molar-refractivity contribution >= 4 is 0 Å². The molecule has 0 saturated heterocycles. The summed E-state index contributed by atoms with van der Waals surface area (Å²) >= 11 is 0. The summed E-state index contributed by atoms with van der Waals surface area (Å²) < 4.78 is 1.64. The van der Waals surface area contributed by atoms with Crippen molar-refractivity contribution in [3.8, 4) is 12.1 Å². The molecule has 1 N–H and O–H groups in total. The first-order valence-electron chi connectivity index (χ1n) is 4.95. The van der Waals surface area contributed by atoms with Gasteiger partial charge in [-0.25, -0.2) is 4.98 Å². The van der Waals surface area contributed by atoms with Crippen molar-refractivity contribution in [1.82, 2.24) is 14.9 Å². The molecule has 0 spiro atoms. The second-order valence-corrected chi connectivity index (χ2v) is 3.32. The molecular weight excluding hydrogens is 202 g/mol. The average molecular weight is 215 g/mol. The first kappa shape index (κ1) is 12.0. The third-order valence-corrected chi connectivity index (χ3v) is 2.07. The molecule has 0 atom stereocenters. The van der Waals surface area contributed by atoms with Crippen LogP contribution < -0.4 is 5.32 Å². The maximum absolute atomic E-state index is 8.90. The molecule has 0 amide bonds. The van der Waals surface area contributed by atoms with Gasteiger partial charge in [0.25, 0.3) is 0 Å². The molecule has 1 rings (SSSR count). The van der Waals surface area contributed by atoms with Gasteiger partial charge in [-0.1, -0.05) is 13.5 Å². The van der Waals surface area contributed by atoms with Gasteiger partial charge in [0, 0.05) is 13.1 Å². The Hall–Kier alpha value is -2.11. The highest BCUT2D eigenvalue weighted by atomic mass is 15.1. The Balaban J connectivity index is 2.76. The summed E-state index contributed by atoms with van der Waals surface area (Å²) in [7, 11) is 0. The molecule has 1 heterocycles. The highest BCUT2D eigenvalue weighted by Gasteiger charge is 2.09. The number of imidazole rings is 1. The van der Waals surface area contributed by atoms with Gasteiger partial charge in [0.05, 0.1) is 6.33 Å². The molecule has 16 heavy (non-hydrogen) atoms. The molecule has 0 aliphatic rings. The summed E-state index contributed by atoms with van der Waals surface area (Å²) in [4.78, 5) is 3.86. The molecule has 5 nitrogen and oxygen atoms in total. The Morgan fingerprint density at radius 1 is 1.56 bits per heavy atom. The number of hydrogen-bond acceptors (Lipinski definition) is 4. The van der Waals surface area contributed by atoms with Crippen LogP contribution in [0.15, 0.2) is 18.5 Å². The molecule has 1 aromatic heterocycles. The van der Waals surface area contributed by atoms with Crippen molar-refractivity contribution < 1.29 is 0 Å². The number of hydrogen-bond donors (Lipinski definition) is 1. The van der Waals surface area contributed by atoms with Crippen molar-refractivity contribution in [2.45, 2.75) is 13.5 Å². The maximum Gasteiger partial charge on any atom is 0.176 e. The Kier molecular flexibility index (Phi) is 4.26. The van der Waals surface area contributed by atoms with Gasteiger partial charge in [0.1, 0.15) is 12.1 Å². The maximum atomic E-state index is 8.90. The van der Waals surface area contributed by atoms with Gasteiger partial charge in [0.15, 0.2) is 11.4 Å². The lowest BCUT2D eigenvalue weighted by atomic mass is 10.3. The standard InChI is InChI=1S/C11H13N5/c1-3-14-6-9(2)7-16-8-15-10(4-12)11(16)5-13/h8,14H,2-3,6-7H2,1H3. The summed E-state index contributed by atoms with van der Waals surface area (Å²) in [6.45, 7) is 7.98. The monoisotopic (exact) mass is 215 g/mol. The molecule has 0 aliphatic carbocycles. The molecule has 0 aliphatic heterocycles. The van der Waals surface area contributed by atoms with Gasteiger partial charge in [-0.15, -0.1) is 0 Å². The highest BCUT2D eigenvalue weighted by Crippen LogP contribution is 2.07. The van der Waals surface area contributed by atoms with Gasteiger partial charge < -0.3 is 9.88 Å². The largest absolute Gasteiger partial charge is 0.317 e. The van der Waals surface area contributed by atoms with Crippen LogP contribution in [-0.2, 0) is 6.54 Å². The third-order valence-electron chi connectivity index (χ3n) is 2.07. The van der Waals surface area contributed by atoms with E-state index in [1.54, 1.807) is 4.57 Å². The predicted molar refractivity (Wildman–Crippen MR) is 59.3 cm³/mol. The van der Waals surface area contributed by atoms with Crippen LogP contribution >= 0.6 is 0 Å². The Morgan fingerprint density at radius 2 is 2.31 bits per heavy atom. The summed E-state index contributed by atoms with van der Waals surface area (Å²) in [5, 5.41) is 20.8. The second-order valence-electron chi connectivity index (χ2n) is 3.32. The van der Waals surface area contributed by atoms with E-state index >= 15 is 0 Å². The van der Waals surface area contributed by atoms with Crippen molar-refractivity contribution in [2.75, 3.05) is 13.1 Å². The minimum atomic E-state index is 0.166. The fourth-order valence-corrected chi connectivity index (χ4v) is 1.30. The topological polar surface area (TPSA) is 77.4 Å². The molecular formula is C11H13N5. The van der Waals surface area contributed by atoms with E-state index in [1.807, 2.05) is 19.1 Å². The lowest BCUT2D eigenvalue weighted by Gasteiger charge is -2.07. The van der Waals surface area contributed by atoms with Crippen LogP contribution in [0, 0.1) is 22.7 Å². The Labute approximate surface area is 94.6 Å². The number of aromatic nitrogens is 2. The number of nitrogens with zero attached hydrogens (tertiary/aromatic N) is 4. The number of rotatable bonds is 5. The zero-order valence-electron chi connectivity index (χ0n) is 9.19. The molecule has 0 saturated carbocycles. The van der Waals surface area contributed by atoms with Gasteiger partial charge in [0.2, 0.25) is 0 Å². The van der Waals surface area contributed by atoms with Crippen LogP contribution in [-0.4, -0.2) is 22.6 Å². The lowest BCUT2D eigenvalue weighted by Crippen LogP contribution is -2.18. The average Bonchev–Trinajstić information content (AvgIpc) is 2.68. The molecule has 0 aromatic carbocycles. The van der Waals surface area contributed by atoms with E-state index in [0.29, 0.717) is 18.8 Å². The third kappa shape index (κ3) is 2.69. The lowest BCUT2D eigenvalue weighted by molar-refractivity contribution is 0.699. The van der Waals surface area contributed by atoms with Crippen molar-refractivity contribution in [2.24, 2.45) is 0 Å². The summed E-state index contributed by atoms with van der Waals surface area (Å²) in [5.74, 6) is 0. The van der Waals surface area contributed by atoms with Gasteiger partial charge in [-0.05, 0) is 12.1 Å². The van der Waals surface area contributed by atoms with E-state index in [4.69, 9.17) is 10.5 Å². The van der Waals surface area contributed by atoms with Crippen LogP contribution in [0.2, 0.25) is 0 Å². The van der Waals surface area contributed by atoms with Gasteiger partial charge in [-0.2, -0.15) is 10.5 Å². The van der Waals surface area contributed by atoms with Crippen molar-refractivity contribution in [1.29, 1.82) is 10.5 Å². The number of nitrogens with one attached hydrogen (secondary N) is 1. The zero-order chi connectivity index (χ0) is 12.0. The van der Waals surface area contributed by atoms with Gasteiger partial charge >= 0.3 is 0 Å². The van der Waals surface area contributed by atoms with E-state index < -0.39 is 0 Å².